The number of aromatic nitrogens is 1. The monoisotopic (exact) mass is 236 g/mol. The van der Waals surface area contributed by atoms with E-state index in [1.807, 2.05) is 0 Å². The van der Waals surface area contributed by atoms with Crippen LogP contribution in [0.5, 0.6) is 0 Å². The Bertz CT molecular complexity index is 599. The molecule has 0 unspecified atom stereocenters. The van der Waals surface area contributed by atoms with Gasteiger partial charge in [0.2, 0.25) is 0 Å². The van der Waals surface area contributed by atoms with Gasteiger partial charge in [-0.3, -0.25) is 9.36 Å². The molecule has 0 saturated carbocycles. The Morgan fingerprint density at radius 1 is 1.53 bits per heavy atom. The van der Waals surface area contributed by atoms with E-state index in [-0.39, 0.29) is 6.54 Å². The molecule has 0 fully saturated rings. The van der Waals surface area contributed by atoms with E-state index in [0.29, 0.717) is 11.1 Å². The highest BCUT2D eigenvalue weighted by Crippen LogP contribution is 2.11. The van der Waals surface area contributed by atoms with E-state index in [2.05, 4.69) is 4.74 Å². The molecular formula is C11H12N2O4. The van der Waals surface area contributed by atoms with Gasteiger partial charge in [0.15, 0.2) is 5.58 Å². The molecule has 1 atom stereocenters. The fourth-order valence-electron chi connectivity index (χ4n) is 1.61. The number of methoxy groups -OCH3 is 1. The molecule has 1 aromatic heterocycles. The van der Waals surface area contributed by atoms with E-state index in [1.54, 1.807) is 24.3 Å². The van der Waals surface area contributed by atoms with Crippen molar-refractivity contribution in [1.82, 2.24) is 4.57 Å². The number of rotatable bonds is 3. The summed E-state index contributed by atoms with van der Waals surface area (Å²) in [7, 11) is 1.25. The molecule has 6 nitrogen and oxygen atoms in total. The number of ether oxygens (including phenoxy) is 1. The summed E-state index contributed by atoms with van der Waals surface area (Å²) in [6.45, 7) is 0.0303. The predicted octanol–water partition coefficient (Wildman–Crippen LogP) is 0.0948. The molecule has 0 bridgehead atoms. The summed E-state index contributed by atoms with van der Waals surface area (Å²) < 4.78 is 10.8. The van der Waals surface area contributed by atoms with Crippen molar-refractivity contribution in [3.05, 3.63) is 34.8 Å². The third-order valence-corrected chi connectivity index (χ3v) is 2.46. The van der Waals surface area contributed by atoms with Crippen LogP contribution in [0.15, 0.2) is 33.5 Å². The summed E-state index contributed by atoms with van der Waals surface area (Å²) in [4.78, 5) is 22.8. The average Bonchev–Trinajstić information content (AvgIpc) is 2.65. The van der Waals surface area contributed by atoms with Crippen LogP contribution in [0.2, 0.25) is 0 Å². The standard InChI is InChI=1S/C11H12N2O4/c1-16-10(14)7(12)6-13-8-4-2-3-5-9(8)17-11(13)15/h2-5,7H,6,12H2,1H3/t7-/m1/s1. The normalized spacial score (nSPS) is 12.6. The molecule has 90 valence electrons. The number of benzene rings is 1. The molecule has 0 aliphatic rings. The minimum Gasteiger partial charge on any atom is -0.468 e. The van der Waals surface area contributed by atoms with Crippen molar-refractivity contribution in [2.45, 2.75) is 12.6 Å². The van der Waals surface area contributed by atoms with Gasteiger partial charge in [-0.15, -0.1) is 0 Å². The molecule has 0 radical (unpaired) electrons. The summed E-state index contributed by atoms with van der Waals surface area (Å²) >= 11 is 0. The first-order chi connectivity index (χ1) is 8.13. The van der Waals surface area contributed by atoms with Crippen LogP contribution in [0.1, 0.15) is 0 Å². The lowest BCUT2D eigenvalue weighted by Gasteiger charge is -2.08. The van der Waals surface area contributed by atoms with Crippen molar-refractivity contribution in [3.63, 3.8) is 0 Å². The van der Waals surface area contributed by atoms with Gasteiger partial charge in [0.25, 0.3) is 0 Å². The molecule has 2 aromatic rings. The molecule has 0 amide bonds. The highest BCUT2D eigenvalue weighted by atomic mass is 16.5. The Morgan fingerprint density at radius 2 is 2.24 bits per heavy atom. The van der Waals surface area contributed by atoms with Crippen LogP contribution >= 0.6 is 0 Å². The van der Waals surface area contributed by atoms with E-state index < -0.39 is 17.8 Å². The van der Waals surface area contributed by atoms with Crippen LogP contribution in [0.3, 0.4) is 0 Å². The molecule has 1 heterocycles. The van der Waals surface area contributed by atoms with Crippen LogP contribution in [0, 0.1) is 0 Å². The van der Waals surface area contributed by atoms with Gasteiger partial charge in [0.05, 0.1) is 19.2 Å². The summed E-state index contributed by atoms with van der Waals surface area (Å²) in [5, 5.41) is 0. The number of carbonyl (C=O) groups is 1. The lowest BCUT2D eigenvalue weighted by atomic mass is 10.3. The van der Waals surface area contributed by atoms with Crippen molar-refractivity contribution >= 4 is 17.1 Å². The zero-order valence-electron chi connectivity index (χ0n) is 9.25. The van der Waals surface area contributed by atoms with Gasteiger partial charge in [-0.25, -0.2) is 4.79 Å². The number of hydrogen-bond donors (Lipinski definition) is 1. The minimum absolute atomic E-state index is 0.0303. The van der Waals surface area contributed by atoms with Crippen molar-refractivity contribution in [1.29, 1.82) is 0 Å². The first-order valence-corrected chi connectivity index (χ1v) is 5.05. The zero-order chi connectivity index (χ0) is 12.4. The van der Waals surface area contributed by atoms with Gasteiger partial charge in [0, 0.05) is 0 Å². The van der Waals surface area contributed by atoms with Crippen LogP contribution in [-0.2, 0) is 16.1 Å². The fraction of sp³-hybridized carbons (Fsp3) is 0.273. The Morgan fingerprint density at radius 3 is 2.94 bits per heavy atom. The zero-order valence-corrected chi connectivity index (χ0v) is 9.25. The maximum absolute atomic E-state index is 11.6. The second-order valence-electron chi connectivity index (χ2n) is 3.58. The summed E-state index contributed by atoms with van der Waals surface area (Å²) in [6.07, 6.45) is 0. The smallest absolute Gasteiger partial charge is 0.420 e. The van der Waals surface area contributed by atoms with E-state index in [1.165, 1.54) is 11.7 Å². The number of para-hydroxylation sites is 2. The van der Waals surface area contributed by atoms with E-state index >= 15 is 0 Å². The van der Waals surface area contributed by atoms with Crippen molar-refractivity contribution in [2.75, 3.05) is 7.11 Å². The van der Waals surface area contributed by atoms with Crippen LogP contribution in [-0.4, -0.2) is 23.7 Å². The van der Waals surface area contributed by atoms with Crippen molar-refractivity contribution in [3.8, 4) is 0 Å². The van der Waals surface area contributed by atoms with E-state index in [4.69, 9.17) is 10.2 Å². The van der Waals surface area contributed by atoms with Gasteiger partial charge in [-0.1, -0.05) is 12.1 Å². The second-order valence-corrected chi connectivity index (χ2v) is 3.58. The first-order valence-electron chi connectivity index (χ1n) is 5.05. The summed E-state index contributed by atoms with van der Waals surface area (Å²) in [5.41, 5.74) is 6.68. The van der Waals surface area contributed by atoms with Crippen LogP contribution < -0.4 is 11.5 Å². The molecule has 0 saturated heterocycles. The maximum Gasteiger partial charge on any atom is 0.420 e. The third-order valence-electron chi connectivity index (χ3n) is 2.46. The largest absolute Gasteiger partial charge is 0.468 e. The Labute approximate surface area is 96.6 Å². The number of nitrogens with zero attached hydrogens (tertiary/aromatic N) is 1. The third kappa shape index (κ3) is 2.07. The SMILES string of the molecule is COC(=O)[C@H](N)Cn1c(=O)oc2ccccc21. The highest BCUT2D eigenvalue weighted by Gasteiger charge is 2.18. The number of carbonyl (C=O) groups excluding carboxylic acids is 1. The summed E-state index contributed by atoms with van der Waals surface area (Å²) in [6, 6.07) is 6.05. The lowest BCUT2D eigenvalue weighted by Crippen LogP contribution is -2.38. The predicted molar refractivity (Wildman–Crippen MR) is 60.5 cm³/mol. The van der Waals surface area contributed by atoms with Gasteiger partial charge in [0.1, 0.15) is 6.04 Å². The average molecular weight is 236 g/mol. The molecule has 0 spiro atoms. The molecule has 17 heavy (non-hydrogen) atoms. The highest BCUT2D eigenvalue weighted by molar-refractivity contribution is 5.76. The second kappa shape index (κ2) is 4.42. The molecule has 6 heteroatoms. The number of esters is 1. The van der Waals surface area contributed by atoms with Crippen molar-refractivity contribution in [2.24, 2.45) is 5.73 Å². The fourth-order valence-corrected chi connectivity index (χ4v) is 1.61. The Kier molecular flexibility index (Phi) is 2.97. The first kappa shape index (κ1) is 11.4. The minimum atomic E-state index is -0.890. The number of fused-ring (bicyclic) bond motifs is 1. The summed E-state index contributed by atoms with van der Waals surface area (Å²) in [5.74, 6) is -1.10. The van der Waals surface area contributed by atoms with Crippen molar-refractivity contribution < 1.29 is 13.9 Å². The lowest BCUT2D eigenvalue weighted by molar-refractivity contribution is -0.142. The van der Waals surface area contributed by atoms with E-state index in [9.17, 15) is 9.59 Å². The van der Waals surface area contributed by atoms with Crippen LogP contribution in [0.25, 0.3) is 11.1 Å². The molecule has 1 aromatic carbocycles. The Hall–Kier alpha value is -2.08. The molecule has 2 N–H and O–H groups in total. The topological polar surface area (TPSA) is 87.5 Å². The molecular weight excluding hydrogens is 224 g/mol. The molecule has 2 rings (SSSR count). The molecule has 0 aliphatic carbocycles. The number of hydrogen-bond acceptors (Lipinski definition) is 5. The quantitative estimate of drug-likeness (QED) is 0.763. The molecule has 0 aliphatic heterocycles. The van der Waals surface area contributed by atoms with Gasteiger partial charge in [-0.05, 0) is 12.1 Å². The van der Waals surface area contributed by atoms with Crippen LogP contribution in [0.4, 0.5) is 0 Å². The van der Waals surface area contributed by atoms with Gasteiger partial charge < -0.3 is 14.9 Å². The van der Waals surface area contributed by atoms with E-state index in [0.717, 1.165) is 0 Å². The Balaban J connectivity index is 2.39. The number of oxazole rings is 1. The van der Waals surface area contributed by atoms with Gasteiger partial charge >= 0.3 is 11.7 Å². The van der Waals surface area contributed by atoms with Gasteiger partial charge in [-0.2, -0.15) is 0 Å². The number of nitrogens with two attached hydrogens (primary N) is 1. The maximum atomic E-state index is 11.6.